The molecule has 0 spiro atoms. The van der Waals surface area contributed by atoms with Crippen LogP contribution in [0.1, 0.15) is 252 Å². The minimum atomic E-state index is -0.823. The number of allylic oxidation sites excluding steroid dienone is 14. The lowest BCUT2D eigenvalue weighted by Gasteiger charge is -2.18. The van der Waals surface area contributed by atoms with Crippen molar-refractivity contribution in [3.05, 3.63) is 85.1 Å². The van der Waals surface area contributed by atoms with E-state index in [1.165, 1.54) is 135 Å². The third-order valence-corrected chi connectivity index (χ3v) is 11.4. The first-order valence-electron chi connectivity index (χ1n) is 27.1. The predicted octanol–water partition coefficient (Wildman–Crippen LogP) is 18.0. The van der Waals surface area contributed by atoms with E-state index in [-0.39, 0.29) is 44.0 Å². The lowest BCUT2D eigenvalue weighted by molar-refractivity contribution is -0.167. The van der Waals surface area contributed by atoms with E-state index < -0.39 is 6.10 Å². The van der Waals surface area contributed by atoms with Crippen molar-refractivity contribution >= 4 is 17.9 Å². The third kappa shape index (κ3) is 51.4. The van der Waals surface area contributed by atoms with Gasteiger partial charge >= 0.3 is 17.9 Å². The second kappa shape index (κ2) is 53.2. The maximum absolute atomic E-state index is 12.8. The van der Waals surface area contributed by atoms with Gasteiger partial charge in [0.15, 0.2) is 6.10 Å². The molecule has 0 amide bonds. The lowest BCUT2D eigenvalue weighted by atomic mass is 10.0. The molecule has 0 rings (SSSR count). The maximum Gasteiger partial charge on any atom is 0.306 e. The van der Waals surface area contributed by atoms with E-state index in [0.29, 0.717) is 19.3 Å². The van der Waals surface area contributed by atoms with E-state index in [0.717, 1.165) is 64.2 Å². The second-order valence-corrected chi connectivity index (χ2v) is 17.8. The van der Waals surface area contributed by atoms with Crippen LogP contribution in [0.2, 0.25) is 0 Å². The average molecular weight is 905 g/mol. The Kier molecular flexibility index (Phi) is 50.4. The topological polar surface area (TPSA) is 78.9 Å². The minimum absolute atomic E-state index is 0.112. The van der Waals surface area contributed by atoms with Gasteiger partial charge in [-0.3, -0.25) is 14.4 Å². The fraction of sp³-hybridized carbons (Fsp3) is 0.712. The second-order valence-electron chi connectivity index (χ2n) is 17.8. The van der Waals surface area contributed by atoms with E-state index in [9.17, 15) is 14.4 Å². The van der Waals surface area contributed by atoms with Gasteiger partial charge in [0.2, 0.25) is 0 Å². The molecular weight excluding hydrogens is 805 g/mol. The summed E-state index contributed by atoms with van der Waals surface area (Å²) in [5.41, 5.74) is 0. The molecular formula is C59H100O6. The highest BCUT2D eigenvalue weighted by Gasteiger charge is 2.19. The van der Waals surface area contributed by atoms with Crippen LogP contribution in [-0.4, -0.2) is 37.2 Å². The average Bonchev–Trinajstić information content (AvgIpc) is 3.30. The molecule has 1 atom stereocenters. The summed E-state index contributed by atoms with van der Waals surface area (Å²) >= 11 is 0. The first-order valence-corrected chi connectivity index (χ1v) is 27.1. The minimum Gasteiger partial charge on any atom is -0.462 e. The van der Waals surface area contributed by atoms with Gasteiger partial charge in [-0.2, -0.15) is 0 Å². The molecule has 0 fully saturated rings. The molecule has 0 bridgehead atoms. The molecule has 0 aromatic carbocycles. The van der Waals surface area contributed by atoms with Crippen LogP contribution in [-0.2, 0) is 28.6 Å². The van der Waals surface area contributed by atoms with E-state index in [1.54, 1.807) is 0 Å². The molecule has 0 saturated carbocycles. The Morgan fingerprint density at radius 2 is 0.569 bits per heavy atom. The van der Waals surface area contributed by atoms with E-state index >= 15 is 0 Å². The highest BCUT2D eigenvalue weighted by molar-refractivity contribution is 5.71. The lowest BCUT2D eigenvalue weighted by Crippen LogP contribution is -2.30. The molecule has 6 heteroatoms. The van der Waals surface area contributed by atoms with Gasteiger partial charge in [-0.1, -0.05) is 228 Å². The summed E-state index contributed by atoms with van der Waals surface area (Å²) in [6.45, 7) is 6.52. The third-order valence-electron chi connectivity index (χ3n) is 11.4. The van der Waals surface area contributed by atoms with Crippen molar-refractivity contribution in [1.29, 1.82) is 0 Å². The number of carbonyl (C=O) groups excluding carboxylic acids is 3. The van der Waals surface area contributed by atoms with Crippen molar-refractivity contribution < 1.29 is 28.6 Å². The summed E-state index contributed by atoms with van der Waals surface area (Å²) in [5.74, 6) is -1.02. The van der Waals surface area contributed by atoms with Gasteiger partial charge in [0.1, 0.15) is 13.2 Å². The molecule has 6 nitrogen and oxygen atoms in total. The molecule has 0 aliphatic rings. The number of rotatable bonds is 48. The summed E-state index contributed by atoms with van der Waals surface area (Å²) in [5, 5.41) is 0. The first-order chi connectivity index (χ1) is 32.0. The van der Waals surface area contributed by atoms with Crippen molar-refractivity contribution in [3.63, 3.8) is 0 Å². The number of ether oxygens (including phenoxy) is 3. The van der Waals surface area contributed by atoms with E-state index in [2.05, 4.69) is 106 Å². The van der Waals surface area contributed by atoms with Crippen LogP contribution in [0.3, 0.4) is 0 Å². The largest absolute Gasteiger partial charge is 0.462 e. The molecule has 0 aromatic heterocycles. The van der Waals surface area contributed by atoms with Crippen LogP contribution in [0.4, 0.5) is 0 Å². The van der Waals surface area contributed by atoms with Crippen LogP contribution < -0.4 is 0 Å². The van der Waals surface area contributed by atoms with Gasteiger partial charge in [0.05, 0.1) is 0 Å². The number of esters is 3. The van der Waals surface area contributed by atoms with Gasteiger partial charge in [0.25, 0.3) is 0 Å². The van der Waals surface area contributed by atoms with Gasteiger partial charge in [-0.05, 0) is 89.9 Å². The Morgan fingerprint density at radius 1 is 0.308 bits per heavy atom. The molecule has 0 aliphatic carbocycles. The molecule has 0 unspecified atom stereocenters. The number of carbonyl (C=O) groups is 3. The van der Waals surface area contributed by atoms with Gasteiger partial charge < -0.3 is 14.2 Å². The zero-order valence-electron chi connectivity index (χ0n) is 42.5. The SMILES string of the molecule is CCCCC/C=C\C/C=C\C/C=C\C/C=C\CCCC(=O)O[C@H](COC(=O)CCC/C=C\C/C=C\C/C=C\CCCCCCCC)COC(=O)CCCCCCCCCCCCCCC. The summed E-state index contributed by atoms with van der Waals surface area (Å²) in [4.78, 5) is 38.0. The van der Waals surface area contributed by atoms with Crippen LogP contribution in [0.15, 0.2) is 85.1 Å². The smallest absolute Gasteiger partial charge is 0.306 e. The number of hydrogen-bond donors (Lipinski definition) is 0. The van der Waals surface area contributed by atoms with Gasteiger partial charge in [0, 0.05) is 19.3 Å². The monoisotopic (exact) mass is 905 g/mol. The zero-order chi connectivity index (χ0) is 47.2. The predicted molar refractivity (Wildman–Crippen MR) is 279 cm³/mol. The maximum atomic E-state index is 12.8. The summed E-state index contributed by atoms with van der Waals surface area (Å²) < 4.78 is 16.7. The molecule has 0 aliphatic heterocycles. The summed E-state index contributed by atoms with van der Waals surface area (Å²) in [7, 11) is 0. The Hall–Kier alpha value is -3.41. The van der Waals surface area contributed by atoms with Crippen molar-refractivity contribution in [3.8, 4) is 0 Å². The zero-order valence-corrected chi connectivity index (χ0v) is 42.5. The van der Waals surface area contributed by atoms with Crippen molar-refractivity contribution in [2.24, 2.45) is 0 Å². The first kappa shape index (κ1) is 61.6. The number of hydrogen-bond acceptors (Lipinski definition) is 6. The highest BCUT2D eigenvalue weighted by Crippen LogP contribution is 2.14. The Bertz CT molecular complexity index is 1270. The number of unbranched alkanes of at least 4 members (excludes halogenated alkanes) is 23. The fourth-order valence-electron chi connectivity index (χ4n) is 7.27. The Balaban J connectivity index is 4.55. The molecule has 372 valence electrons. The fourth-order valence-corrected chi connectivity index (χ4v) is 7.27. The molecule has 0 aromatic rings. The summed E-state index contributed by atoms with van der Waals surface area (Å²) in [6.07, 6.45) is 68.6. The molecule has 0 heterocycles. The highest BCUT2D eigenvalue weighted by atomic mass is 16.6. The molecule has 0 N–H and O–H groups in total. The van der Waals surface area contributed by atoms with Gasteiger partial charge in [-0.25, -0.2) is 0 Å². The Morgan fingerprint density at radius 3 is 0.954 bits per heavy atom. The summed E-state index contributed by atoms with van der Waals surface area (Å²) in [6, 6.07) is 0. The Labute approximate surface area is 401 Å². The molecule has 65 heavy (non-hydrogen) atoms. The van der Waals surface area contributed by atoms with E-state index in [4.69, 9.17) is 14.2 Å². The van der Waals surface area contributed by atoms with Gasteiger partial charge in [-0.15, -0.1) is 0 Å². The molecule has 0 saturated heterocycles. The van der Waals surface area contributed by atoms with Crippen LogP contribution in [0.25, 0.3) is 0 Å². The van der Waals surface area contributed by atoms with Crippen LogP contribution in [0, 0.1) is 0 Å². The van der Waals surface area contributed by atoms with E-state index in [1.807, 2.05) is 0 Å². The molecule has 0 radical (unpaired) electrons. The van der Waals surface area contributed by atoms with Crippen molar-refractivity contribution in [2.75, 3.05) is 13.2 Å². The quantitative estimate of drug-likeness (QED) is 0.0262. The van der Waals surface area contributed by atoms with Crippen molar-refractivity contribution in [1.82, 2.24) is 0 Å². The van der Waals surface area contributed by atoms with Crippen molar-refractivity contribution in [2.45, 2.75) is 258 Å². The van der Waals surface area contributed by atoms with Crippen LogP contribution >= 0.6 is 0 Å². The van der Waals surface area contributed by atoms with Crippen LogP contribution in [0.5, 0.6) is 0 Å². The standard InChI is InChI=1S/C59H100O6/c1-4-7-10-13-16-19-22-25-27-29-31-34-37-40-43-46-49-52-58(61)64-55-56(54-63-57(60)51-48-45-42-39-36-33-24-21-18-15-12-9-6-3)65-59(62)53-50-47-44-41-38-35-32-30-28-26-23-20-17-14-11-8-5-2/h17,20,25-28,31-32,34-35,40-41,43-44,56H,4-16,18-19,21-24,29-30,33,36-39,42,45-55H2,1-3H3/b20-17-,27-25-,28-26-,34-31-,35-32-,43-40-,44-41-/t56-/m0/s1. The normalized spacial score (nSPS) is 12.7.